The molecule has 0 fully saturated rings. The molecule has 1 rings (SSSR count). The van der Waals surface area contributed by atoms with E-state index < -0.39 is 38.1 Å². The van der Waals surface area contributed by atoms with Crippen LogP contribution in [0.25, 0.3) is 0 Å². The minimum absolute atomic E-state index is 0.109. The molecule has 0 atom stereocenters. The van der Waals surface area contributed by atoms with Gasteiger partial charge in [0, 0.05) is 23.9 Å². The maximum atomic E-state index is 13.5. The summed E-state index contributed by atoms with van der Waals surface area (Å²) >= 11 is 0. The highest BCUT2D eigenvalue weighted by molar-refractivity contribution is 7.90. The van der Waals surface area contributed by atoms with Crippen LogP contribution in [0.3, 0.4) is 0 Å². The first-order chi connectivity index (χ1) is 10.4. The average molecular weight is 346 g/mol. The molecule has 0 saturated carbocycles. The van der Waals surface area contributed by atoms with Gasteiger partial charge < -0.3 is 15.7 Å². The minimum Gasteiger partial charge on any atom is -0.481 e. The standard InChI is InChI=1S/C14H19FN2O5S/c1-14(2,7-6-12(18)19)17-13(20)16-9-4-5-10(15)11(8-9)23(3,21)22/h4-5,8H,6-7H2,1-3H3,(H,18,19)(H2,16,17,20). The summed E-state index contributed by atoms with van der Waals surface area (Å²) in [6.07, 6.45) is 0.972. The van der Waals surface area contributed by atoms with Gasteiger partial charge in [0.2, 0.25) is 0 Å². The number of halogens is 1. The Morgan fingerprint density at radius 2 is 1.91 bits per heavy atom. The second kappa shape index (κ2) is 6.95. The van der Waals surface area contributed by atoms with Gasteiger partial charge in [0.25, 0.3) is 0 Å². The Labute approximate surface area is 133 Å². The molecule has 0 heterocycles. The third-order valence-electron chi connectivity index (χ3n) is 3.00. The molecule has 0 aliphatic rings. The van der Waals surface area contributed by atoms with Crippen LogP contribution in [0.5, 0.6) is 0 Å². The quantitative estimate of drug-likeness (QED) is 0.729. The molecule has 0 aromatic heterocycles. The van der Waals surface area contributed by atoms with E-state index in [4.69, 9.17) is 5.11 Å². The Morgan fingerprint density at radius 3 is 2.43 bits per heavy atom. The maximum absolute atomic E-state index is 13.5. The number of carbonyl (C=O) groups excluding carboxylic acids is 1. The van der Waals surface area contributed by atoms with Crippen LogP contribution in [0.1, 0.15) is 26.7 Å². The van der Waals surface area contributed by atoms with Crippen molar-refractivity contribution in [1.29, 1.82) is 0 Å². The van der Waals surface area contributed by atoms with Crippen molar-refractivity contribution in [1.82, 2.24) is 5.32 Å². The van der Waals surface area contributed by atoms with E-state index in [1.54, 1.807) is 13.8 Å². The summed E-state index contributed by atoms with van der Waals surface area (Å²) in [6.45, 7) is 3.31. The molecule has 0 spiro atoms. The zero-order valence-electron chi connectivity index (χ0n) is 13.0. The van der Waals surface area contributed by atoms with E-state index in [2.05, 4.69) is 10.6 Å². The Bertz CT molecular complexity index is 716. The first-order valence-corrected chi connectivity index (χ1v) is 8.60. The van der Waals surface area contributed by atoms with Crippen LogP contribution in [0.2, 0.25) is 0 Å². The zero-order chi connectivity index (χ0) is 17.8. The molecule has 0 radical (unpaired) electrons. The molecule has 1 aromatic carbocycles. The first kappa shape index (κ1) is 18.9. The number of hydrogen-bond acceptors (Lipinski definition) is 4. The number of benzene rings is 1. The highest BCUT2D eigenvalue weighted by atomic mass is 32.2. The van der Waals surface area contributed by atoms with Crippen LogP contribution >= 0.6 is 0 Å². The molecule has 23 heavy (non-hydrogen) atoms. The number of sulfone groups is 1. The number of amides is 2. The van der Waals surface area contributed by atoms with E-state index in [9.17, 15) is 22.4 Å². The summed E-state index contributed by atoms with van der Waals surface area (Å²) in [6, 6.07) is 2.55. The SMILES string of the molecule is CC(C)(CCC(=O)O)NC(=O)Nc1ccc(F)c(S(C)(=O)=O)c1. The highest BCUT2D eigenvalue weighted by Crippen LogP contribution is 2.20. The Balaban J connectivity index is 2.80. The Kier molecular flexibility index (Phi) is 5.70. The number of aliphatic carboxylic acids is 1. The van der Waals surface area contributed by atoms with Crippen molar-refractivity contribution >= 4 is 27.5 Å². The van der Waals surface area contributed by atoms with Crippen molar-refractivity contribution in [3.8, 4) is 0 Å². The van der Waals surface area contributed by atoms with E-state index in [0.717, 1.165) is 18.4 Å². The second-order valence-corrected chi connectivity index (χ2v) is 7.76. The van der Waals surface area contributed by atoms with Crippen LogP contribution < -0.4 is 10.6 Å². The van der Waals surface area contributed by atoms with E-state index in [1.807, 2.05) is 0 Å². The lowest BCUT2D eigenvalue weighted by atomic mass is 9.99. The Morgan fingerprint density at radius 1 is 1.30 bits per heavy atom. The summed E-state index contributed by atoms with van der Waals surface area (Å²) in [5.74, 6) is -1.88. The van der Waals surface area contributed by atoms with Crippen LogP contribution in [0, 0.1) is 5.82 Å². The number of anilines is 1. The number of carbonyl (C=O) groups is 2. The number of carboxylic acids is 1. The van der Waals surface area contributed by atoms with Crippen LogP contribution in [-0.2, 0) is 14.6 Å². The number of hydrogen-bond donors (Lipinski definition) is 3. The number of nitrogens with one attached hydrogen (secondary N) is 2. The molecular formula is C14H19FN2O5S. The molecule has 0 aliphatic heterocycles. The van der Waals surface area contributed by atoms with Crippen molar-refractivity contribution in [2.24, 2.45) is 0 Å². The van der Waals surface area contributed by atoms with Gasteiger partial charge in [-0.2, -0.15) is 0 Å². The maximum Gasteiger partial charge on any atom is 0.319 e. The van der Waals surface area contributed by atoms with Crippen molar-refractivity contribution in [2.75, 3.05) is 11.6 Å². The van der Waals surface area contributed by atoms with Crippen molar-refractivity contribution in [3.05, 3.63) is 24.0 Å². The summed E-state index contributed by atoms with van der Waals surface area (Å²) in [5, 5.41) is 13.6. The fourth-order valence-corrected chi connectivity index (χ4v) is 2.58. The molecule has 0 bridgehead atoms. The van der Waals surface area contributed by atoms with Gasteiger partial charge in [0.05, 0.1) is 0 Å². The van der Waals surface area contributed by atoms with Crippen LogP contribution in [0.4, 0.5) is 14.9 Å². The van der Waals surface area contributed by atoms with Gasteiger partial charge >= 0.3 is 12.0 Å². The topological polar surface area (TPSA) is 113 Å². The largest absolute Gasteiger partial charge is 0.481 e. The Hall–Kier alpha value is -2.16. The monoisotopic (exact) mass is 346 g/mol. The van der Waals surface area contributed by atoms with E-state index in [1.165, 1.54) is 6.07 Å². The molecule has 2 amide bonds. The van der Waals surface area contributed by atoms with Gasteiger partial charge in [0.1, 0.15) is 10.7 Å². The smallest absolute Gasteiger partial charge is 0.319 e. The predicted molar refractivity (Wildman–Crippen MR) is 82.6 cm³/mol. The summed E-state index contributed by atoms with van der Waals surface area (Å²) < 4.78 is 36.4. The lowest BCUT2D eigenvalue weighted by molar-refractivity contribution is -0.137. The van der Waals surface area contributed by atoms with Crippen molar-refractivity contribution in [3.63, 3.8) is 0 Å². The minimum atomic E-state index is -3.76. The zero-order valence-corrected chi connectivity index (χ0v) is 13.8. The molecule has 0 aliphatic carbocycles. The molecule has 0 unspecified atom stereocenters. The van der Waals surface area contributed by atoms with E-state index in [-0.39, 0.29) is 18.5 Å². The third kappa shape index (κ3) is 6.23. The fourth-order valence-electron chi connectivity index (χ4n) is 1.82. The molecule has 1 aromatic rings. The fraction of sp³-hybridized carbons (Fsp3) is 0.429. The number of carboxylic acid groups (broad SMARTS) is 1. The number of urea groups is 1. The lowest BCUT2D eigenvalue weighted by Crippen LogP contribution is -2.45. The first-order valence-electron chi connectivity index (χ1n) is 6.71. The van der Waals surface area contributed by atoms with Gasteiger partial charge in [0.15, 0.2) is 9.84 Å². The highest BCUT2D eigenvalue weighted by Gasteiger charge is 2.22. The summed E-state index contributed by atoms with van der Waals surface area (Å²) in [4.78, 5) is 22.0. The van der Waals surface area contributed by atoms with Gasteiger partial charge in [-0.15, -0.1) is 0 Å². The van der Waals surface area contributed by atoms with Crippen LogP contribution in [0.15, 0.2) is 23.1 Å². The summed E-state index contributed by atoms with van der Waals surface area (Å²) in [7, 11) is -3.76. The van der Waals surface area contributed by atoms with Crippen LogP contribution in [-0.4, -0.2) is 37.3 Å². The molecule has 9 heteroatoms. The van der Waals surface area contributed by atoms with Gasteiger partial charge in [-0.25, -0.2) is 17.6 Å². The summed E-state index contributed by atoms with van der Waals surface area (Å²) in [5.41, 5.74) is -0.666. The molecule has 7 nitrogen and oxygen atoms in total. The molecular weight excluding hydrogens is 327 g/mol. The van der Waals surface area contributed by atoms with Crippen molar-refractivity contribution < 1.29 is 27.5 Å². The van der Waals surface area contributed by atoms with E-state index in [0.29, 0.717) is 0 Å². The average Bonchev–Trinajstić information content (AvgIpc) is 2.37. The molecule has 0 saturated heterocycles. The predicted octanol–water partition coefficient (Wildman–Crippen LogP) is 1.99. The van der Waals surface area contributed by atoms with Gasteiger partial charge in [-0.3, -0.25) is 4.79 Å². The number of rotatable bonds is 6. The third-order valence-corrected chi connectivity index (χ3v) is 4.12. The van der Waals surface area contributed by atoms with Crippen molar-refractivity contribution in [2.45, 2.75) is 37.1 Å². The second-order valence-electron chi connectivity index (χ2n) is 5.77. The molecule has 3 N–H and O–H groups in total. The normalized spacial score (nSPS) is 11.8. The van der Waals surface area contributed by atoms with E-state index >= 15 is 0 Å². The van der Waals surface area contributed by atoms with Gasteiger partial charge in [-0.1, -0.05) is 0 Å². The molecule has 128 valence electrons. The lowest BCUT2D eigenvalue weighted by Gasteiger charge is -2.25. The van der Waals surface area contributed by atoms with Gasteiger partial charge in [-0.05, 0) is 38.5 Å².